The lowest BCUT2D eigenvalue weighted by Gasteiger charge is -2.27. The fraction of sp³-hybridized carbons (Fsp3) is 0.529. The Kier molecular flexibility index (Phi) is 5.53. The first-order chi connectivity index (χ1) is 9.66. The van der Waals surface area contributed by atoms with E-state index in [-0.39, 0.29) is 23.9 Å². The van der Waals surface area contributed by atoms with Crippen molar-refractivity contribution in [3.63, 3.8) is 0 Å². The number of nitrogens with zero attached hydrogens (tertiary/aromatic N) is 1. The summed E-state index contributed by atoms with van der Waals surface area (Å²) in [4.78, 5) is 24.9. The largest absolute Gasteiger partial charge is 0.480 e. The van der Waals surface area contributed by atoms with E-state index in [1.54, 1.807) is 12.1 Å². The van der Waals surface area contributed by atoms with Crippen molar-refractivity contribution >= 4 is 11.9 Å². The zero-order valence-corrected chi connectivity index (χ0v) is 13.5. The first-order valence-corrected chi connectivity index (χ1v) is 7.30. The van der Waals surface area contributed by atoms with Crippen LogP contribution in [0.2, 0.25) is 0 Å². The minimum absolute atomic E-state index is 0.0268. The number of rotatable bonds is 5. The monoisotopic (exact) mass is 291 g/mol. The van der Waals surface area contributed by atoms with Gasteiger partial charge in [0.2, 0.25) is 0 Å². The Morgan fingerprint density at radius 1 is 1.19 bits per heavy atom. The van der Waals surface area contributed by atoms with E-state index in [1.807, 2.05) is 26.0 Å². The fourth-order valence-corrected chi connectivity index (χ4v) is 2.07. The first-order valence-electron chi connectivity index (χ1n) is 7.30. The molecule has 1 unspecified atom stereocenters. The quantitative estimate of drug-likeness (QED) is 0.905. The molecule has 0 aliphatic carbocycles. The lowest BCUT2D eigenvalue weighted by molar-refractivity contribution is -0.138. The molecule has 0 fully saturated rings. The van der Waals surface area contributed by atoms with Gasteiger partial charge in [-0.15, -0.1) is 0 Å². The second-order valence-electron chi connectivity index (χ2n) is 6.41. The zero-order valence-electron chi connectivity index (χ0n) is 13.5. The Balaban J connectivity index is 3.01. The van der Waals surface area contributed by atoms with E-state index >= 15 is 0 Å². The molecule has 0 radical (unpaired) electrons. The van der Waals surface area contributed by atoms with Crippen LogP contribution in [0.4, 0.5) is 0 Å². The Bertz CT molecular complexity index is 500. The molecule has 1 aromatic carbocycles. The summed E-state index contributed by atoms with van der Waals surface area (Å²) in [5.41, 5.74) is 1.70. The number of hydrogen-bond donors (Lipinski definition) is 1. The van der Waals surface area contributed by atoms with Gasteiger partial charge in [0.1, 0.15) is 6.54 Å². The summed E-state index contributed by atoms with van der Waals surface area (Å²) in [6.45, 7) is 9.87. The smallest absolute Gasteiger partial charge is 0.323 e. The summed E-state index contributed by atoms with van der Waals surface area (Å²) in [7, 11) is 0. The maximum absolute atomic E-state index is 12.5. The maximum Gasteiger partial charge on any atom is 0.323 e. The Labute approximate surface area is 126 Å². The van der Waals surface area contributed by atoms with Gasteiger partial charge in [-0.3, -0.25) is 9.59 Å². The minimum Gasteiger partial charge on any atom is -0.480 e. The number of carbonyl (C=O) groups is 2. The van der Waals surface area contributed by atoms with E-state index in [1.165, 1.54) is 4.90 Å². The average molecular weight is 291 g/mol. The van der Waals surface area contributed by atoms with Crippen LogP contribution in [0.3, 0.4) is 0 Å². The van der Waals surface area contributed by atoms with Crippen molar-refractivity contribution in [1.82, 2.24) is 4.90 Å². The molecule has 0 aliphatic rings. The topological polar surface area (TPSA) is 57.6 Å². The summed E-state index contributed by atoms with van der Waals surface area (Å²) in [5.74, 6) is -1.22. The first kappa shape index (κ1) is 17.2. The van der Waals surface area contributed by atoms with Gasteiger partial charge in [-0.2, -0.15) is 0 Å². The van der Waals surface area contributed by atoms with Crippen LogP contribution in [0.25, 0.3) is 0 Å². The molecular formula is C17H25NO3. The van der Waals surface area contributed by atoms with Crippen LogP contribution in [-0.4, -0.2) is 34.5 Å². The number of aliphatic carboxylic acids is 1. The number of hydrogen-bond acceptors (Lipinski definition) is 2. The Morgan fingerprint density at radius 3 is 2.10 bits per heavy atom. The van der Waals surface area contributed by atoms with Gasteiger partial charge in [-0.1, -0.05) is 39.8 Å². The summed E-state index contributed by atoms with van der Waals surface area (Å²) < 4.78 is 0. The van der Waals surface area contributed by atoms with Crippen molar-refractivity contribution in [2.24, 2.45) is 0 Å². The highest BCUT2D eigenvalue weighted by molar-refractivity contribution is 5.96. The highest BCUT2D eigenvalue weighted by Crippen LogP contribution is 2.22. The van der Waals surface area contributed by atoms with Crippen molar-refractivity contribution in [3.8, 4) is 0 Å². The van der Waals surface area contributed by atoms with Crippen LogP contribution < -0.4 is 0 Å². The lowest BCUT2D eigenvalue weighted by Crippen LogP contribution is -2.41. The van der Waals surface area contributed by atoms with E-state index in [0.717, 1.165) is 12.0 Å². The third kappa shape index (κ3) is 4.59. The van der Waals surface area contributed by atoms with Gasteiger partial charge in [0, 0.05) is 11.6 Å². The molecule has 0 heterocycles. The van der Waals surface area contributed by atoms with E-state index in [0.29, 0.717) is 5.56 Å². The molecule has 1 atom stereocenters. The molecule has 0 bridgehead atoms. The SMILES string of the molecule is CCC(C)N(CC(=O)O)C(=O)c1ccc(C(C)(C)C)cc1. The molecule has 21 heavy (non-hydrogen) atoms. The normalized spacial score (nSPS) is 12.8. The molecule has 1 rings (SSSR count). The number of carbonyl (C=O) groups excluding carboxylic acids is 1. The molecule has 0 saturated heterocycles. The van der Waals surface area contributed by atoms with Crippen molar-refractivity contribution in [3.05, 3.63) is 35.4 Å². The summed E-state index contributed by atoms with van der Waals surface area (Å²) in [6, 6.07) is 7.32. The predicted octanol–water partition coefficient (Wildman–Crippen LogP) is 3.31. The second kappa shape index (κ2) is 6.74. The van der Waals surface area contributed by atoms with E-state index in [9.17, 15) is 9.59 Å². The van der Waals surface area contributed by atoms with Crippen molar-refractivity contribution in [2.45, 2.75) is 52.5 Å². The Morgan fingerprint density at radius 2 is 1.71 bits per heavy atom. The fourth-order valence-electron chi connectivity index (χ4n) is 2.07. The van der Waals surface area contributed by atoms with E-state index in [2.05, 4.69) is 20.8 Å². The molecule has 0 aromatic heterocycles. The lowest BCUT2D eigenvalue weighted by atomic mass is 9.86. The zero-order chi connectivity index (χ0) is 16.2. The summed E-state index contributed by atoms with van der Waals surface area (Å²) >= 11 is 0. The van der Waals surface area contributed by atoms with Crippen LogP contribution in [0.5, 0.6) is 0 Å². The highest BCUT2D eigenvalue weighted by Gasteiger charge is 2.23. The van der Waals surface area contributed by atoms with Gasteiger partial charge in [0.25, 0.3) is 5.91 Å². The van der Waals surface area contributed by atoms with Crippen molar-refractivity contribution in [1.29, 1.82) is 0 Å². The summed E-state index contributed by atoms with van der Waals surface area (Å²) in [5, 5.41) is 8.98. The van der Waals surface area contributed by atoms with Gasteiger partial charge in [0.05, 0.1) is 0 Å². The number of amides is 1. The van der Waals surface area contributed by atoms with Crippen LogP contribution in [-0.2, 0) is 10.2 Å². The van der Waals surface area contributed by atoms with Crippen LogP contribution >= 0.6 is 0 Å². The van der Waals surface area contributed by atoms with Gasteiger partial charge < -0.3 is 10.0 Å². The maximum atomic E-state index is 12.5. The summed E-state index contributed by atoms with van der Waals surface area (Å²) in [6.07, 6.45) is 0.721. The van der Waals surface area contributed by atoms with Gasteiger partial charge in [-0.25, -0.2) is 0 Å². The standard InChI is InChI=1S/C17H25NO3/c1-6-12(2)18(11-15(19)20)16(21)13-7-9-14(10-8-13)17(3,4)5/h7-10,12H,6,11H2,1-5H3,(H,19,20). The van der Waals surface area contributed by atoms with Gasteiger partial charge in [-0.05, 0) is 36.5 Å². The third-order valence-corrected chi connectivity index (χ3v) is 3.69. The number of benzene rings is 1. The molecule has 1 aromatic rings. The van der Waals surface area contributed by atoms with E-state index < -0.39 is 5.97 Å². The number of carboxylic acids is 1. The third-order valence-electron chi connectivity index (χ3n) is 3.69. The minimum atomic E-state index is -0.991. The second-order valence-corrected chi connectivity index (χ2v) is 6.41. The molecule has 0 saturated carbocycles. The van der Waals surface area contributed by atoms with Crippen molar-refractivity contribution < 1.29 is 14.7 Å². The molecule has 4 heteroatoms. The molecule has 116 valence electrons. The van der Waals surface area contributed by atoms with E-state index in [4.69, 9.17) is 5.11 Å². The van der Waals surface area contributed by atoms with Crippen LogP contribution in [0.15, 0.2) is 24.3 Å². The van der Waals surface area contributed by atoms with Gasteiger partial charge >= 0.3 is 5.97 Å². The van der Waals surface area contributed by atoms with Gasteiger partial charge in [0.15, 0.2) is 0 Å². The average Bonchev–Trinajstić information content (AvgIpc) is 2.42. The number of carboxylic acid groups (broad SMARTS) is 1. The molecule has 0 aliphatic heterocycles. The molecule has 0 spiro atoms. The molecule has 1 N–H and O–H groups in total. The Hall–Kier alpha value is -1.84. The molecule has 4 nitrogen and oxygen atoms in total. The highest BCUT2D eigenvalue weighted by atomic mass is 16.4. The van der Waals surface area contributed by atoms with Crippen LogP contribution in [0.1, 0.15) is 57.0 Å². The predicted molar refractivity (Wildman–Crippen MR) is 83.6 cm³/mol. The van der Waals surface area contributed by atoms with Crippen LogP contribution in [0, 0.1) is 0 Å². The molecule has 1 amide bonds. The van der Waals surface area contributed by atoms with Crippen molar-refractivity contribution in [2.75, 3.05) is 6.54 Å². The molecular weight excluding hydrogens is 266 g/mol.